The van der Waals surface area contributed by atoms with E-state index in [1.807, 2.05) is 25.3 Å². The molecule has 2 N–H and O–H groups in total. The number of thioether (sulfide) groups is 1. The smallest absolute Gasteiger partial charge is 0.237 e. The molecule has 3 aromatic heterocycles. The monoisotopic (exact) mass is 307 g/mol. The van der Waals surface area contributed by atoms with Crippen molar-refractivity contribution in [2.45, 2.75) is 30.7 Å². The summed E-state index contributed by atoms with van der Waals surface area (Å²) < 4.78 is 5.18. The normalized spacial score (nSPS) is 11.6. The summed E-state index contributed by atoms with van der Waals surface area (Å²) in [5.74, 6) is 2.59. The first kappa shape index (κ1) is 13.3. The zero-order valence-corrected chi connectivity index (χ0v) is 12.7. The van der Waals surface area contributed by atoms with Crippen LogP contribution in [0.4, 0.5) is 5.82 Å². The van der Waals surface area contributed by atoms with E-state index in [4.69, 9.17) is 10.3 Å². The zero-order valence-electron chi connectivity index (χ0n) is 11.0. The number of nitrogens with two attached hydrogens (primary N) is 1. The molecular weight excluding hydrogens is 294 g/mol. The predicted molar refractivity (Wildman–Crippen MR) is 79.8 cm³/mol. The van der Waals surface area contributed by atoms with Crippen molar-refractivity contribution in [3.8, 4) is 0 Å². The number of hydrogen-bond acceptors (Lipinski definition) is 8. The Bertz CT molecular complexity index is 736. The van der Waals surface area contributed by atoms with E-state index in [0.717, 1.165) is 16.0 Å². The van der Waals surface area contributed by atoms with Crippen LogP contribution in [-0.2, 0) is 5.75 Å². The lowest BCUT2D eigenvalue weighted by atomic mass is 10.2. The van der Waals surface area contributed by atoms with Crippen molar-refractivity contribution in [1.82, 2.24) is 20.1 Å². The number of hydrogen-bond donors (Lipinski definition) is 1. The molecule has 3 rings (SSSR count). The van der Waals surface area contributed by atoms with Gasteiger partial charge in [-0.1, -0.05) is 30.8 Å². The van der Waals surface area contributed by atoms with Gasteiger partial charge in [0.05, 0.1) is 11.1 Å². The summed E-state index contributed by atoms with van der Waals surface area (Å²) in [7, 11) is 0. The molecule has 0 saturated heterocycles. The third-order valence-corrected chi connectivity index (χ3v) is 4.30. The van der Waals surface area contributed by atoms with Gasteiger partial charge < -0.3 is 10.3 Å². The van der Waals surface area contributed by atoms with Gasteiger partial charge in [-0.25, -0.2) is 9.97 Å². The van der Waals surface area contributed by atoms with Gasteiger partial charge in [0.2, 0.25) is 5.89 Å². The largest absolute Gasteiger partial charge is 0.383 e. The number of thiophene rings is 1. The molecule has 0 aliphatic rings. The van der Waals surface area contributed by atoms with Crippen molar-refractivity contribution < 1.29 is 4.52 Å². The van der Waals surface area contributed by atoms with Gasteiger partial charge in [0.1, 0.15) is 10.6 Å². The molecule has 3 heterocycles. The molecule has 0 unspecified atom stereocenters. The van der Waals surface area contributed by atoms with Crippen molar-refractivity contribution in [3.05, 3.63) is 23.2 Å². The number of fused-ring (bicyclic) bond motifs is 1. The van der Waals surface area contributed by atoms with Crippen LogP contribution in [0.2, 0.25) is 0 Å². The van der Waals surface area contributed by atoms with Gasteiger partial charge >= 0.3 is 0 Å². The van der Waals surface area contributed by atoms with Crippen LogP contribution in [0.5, 0.6) is 0 Å². The third-order valence-electron chi connectivity index (χ3n) is 2.66. The lowest BCUT2D eigenvalue weighted by Gasteiger charge is -2.00. The average molecular weight is 307 g/mol. The molecule has 0 radical (unpaired) electrons. The Morgan fingerprint density at radius 2 is 2.20 bits per heavy atom. The third kappa shape index (κ3) is 2.61. The number of nitrogen functional groups attached to an aromatic ring is 1. The molecule has 0 bridgehead atoms. The summed E-state index contributed by atoms with van der Waals surface area (Å²) >= 11 is 2.99. The van der Waals surface area contributed by atoms with Crippen LogP contribution in [0, 0.1) is 0 Å². The van der Waals surface area contributed by atoms with E-state index in [1.54, 1.807) is 11.3 Å². The van der Waals surface area contributed by atoms with Gasteiger partial charge in [0.15, 0.2) is 11.0 Å². The second-order valence-electron chi connectivity index (χ2n) is 4.52. The van der Waals surface area contributed by atoms with Gasteiger partial charge in [0, 0.05) is 5.92 Å². The summed E-state index contributed by atoms with van der Waals surface area (Å²) in [4.78, 5) is 13.9. The van der Waals surface area contributed by atoms with Gasteiger partial charge in [-0.3, -0.25) is 0 Å². The number of nitrogens with zero attached hydrogens (tertiary/aromatic N) is 4. The summed E-state index contributed by atoms with van der Waals surface area (Å²) in [6.45, 7) is 4.05. The van der Waals surface area contributed by atoms with Crippen LogP contribution in [-0.4, -0.2) is 20.1 Å². The summed E-state index contributed by atoms with van der Waals surface area (Å²) in [6, 6.07) is 1.93. The van der Waals surface area contributed by atoms with Crippen LogP contribution in [0.15, 0.2) is 21.1 Å². The quantitative estimate of drug-likeness (QED) is 0.585. The molecule has 0 aromatic carbocycles. The molecule has 0 saturated carbocycles. The Kier molecular flexibility index (Phi) is 3.58. The van der Waals surface area contributed by atoms with E-state index < -0.39 is 0 Å². The van der Waals surface area contributed by atoms with Crippen LogP contribution in [0.25, 0.3) is 10.2 Å². The highest BCUT2D eigenvalue weighted by atomic mass is 32.2. The molecule has 3 aromatic rings. The minimum absolute atomic E-state index is 0.256. The minimum atomic E-state index is 0.256. The Labute approximate surface area is 123 Å². The molecule has 104 valence electrons. The van der Waals surface area contributed by atoms with E-state index in [-0.39, 0.29) is 5.92 Å². The Balaban J connectivity index is 1.75. The maximum absolute atomic E-state index is 5.91. The Morgan fingerprint density at radius 3 is 2.95 bits per heavy atom. The van der Waals surface area contributed by atoms with Crippen LogP contribution >= 0.6 is 23.1 Å². The molecular formula is C12H13N5OS2. The van der Waals surface area contributed by atoms with Crippen LogP contribution in [0.3, 0.4) is 0 Å². The minimum Gasteiger partial charge on any atom is -0.383 e. The van der Waals surface area contributed by atoms with E-state index in [9.17, 15) is 0 Å². The van der Waals surface area contributed by atoms with Gasteiger partial charge in [0.25, 0.3) is 0 Å². The van der Waals surface area contributed by atoms with E-state index >= 15 is 0 Å². The number of aromatic nitrogens is 4. The van der Waals surface area contributed by atoms with E-state index in [1.165, 1.54) is 11.8 Å². The van der Waals surface area contributed by atoms with Crippen molar-refractivity contribution in [2.75, 3.05) is 5.73 Å². The fourth-order valence-electron chi connectivity index (χ4n) is 1.61. The second kappa shape index (κ2) is 5.37. The van der Waals surface area contributed by atoms with Gasteiger partial charge in [-0.2, -0.15) is 4.98 Å². The first-order valence-electron chi connectivity index (χ1n) is 6.09. The maximum atomic E-state index is 5.91. The molecule has 0 aliphatic heterocycles. The molecule has 0 aliphatic carbocycles. The van der Waals surface area contributed by atoms with E-state index in [0.29, 0.717) is 22.6 Å². The second-order valence-corrected chi connectivity index (χ2v) is 6.36. The molecule has 20 heavy (non-hydrogen) atoms. The van der Waals surface area contributed by atoms with Crippen molar-refractivity contribution in [2.24, 2.45) is 0 Å². The first-order valence-corrected chi connectivity index (χ1v) is 7.96. The highest BCUT2D eigenvalue weighted by molar-refractivity contribution is 7.98. The summed E-state index contributed by atoms with van der Waals surface area (Å²) in [5.41, 5.74) is 5.91. The predicted octanol–water partition coefficient (Wildman–Crippen LogP) is 3.07. The molecule has 8 heteroatoms. The zero-order chi connectivity index (χ0) is 14.1. The fraction of sp³-hybridized carbons (Fsp3) is 0.333. The van der Waals surface area contributed by atoms with E-state index in [2.05, 4.69) is 20.1 Å². The van der Waals surface area contributed by atoms with Crippen LogP contribution in [0.1, 0.15) is 31.5 Å². The molecule has 6 nitrogen and oxygen atoms in total. The van der Waals surface area contributed by atoms with Crippen molar-refractivity contribution >= 4 is 39.1 Å². The lowest BCUT2D eigenvalue weighted by Crippen LogP contribution is -1.95. The SMILES string of the molecule is CC(C)c1noc(CSc2nc(N)c3ccsc3n2)n1. The molecule has 0 atom stereocenters. The topological polar surface area (TPSA) is 90.7 Å². The fourth-order valence-corrected chi connectivity index (χ4v) is 3.13. The Morgan fingerprint density at radius 1 is 1.35 bits per heavy atom. The first-order chi connectivity index (χ1) is 9.63. The highest BCUT2D eigenvalue weighted by Gasteiger charge is 2.12. The van der Waals surface area contributed by atoms with Crippen LogP contribution < -0.4 is 5.73 Å². The molecule has 0 spiro atoms. The average Bonchev–Trinajstić information content (AvgIpc) is 3.05. The molecule has 0 amide bonds. The van der Waals surface area contributed by atoms with Crippen molar-refractivity contribution in [1.29, 1.82) is 0 Å². The number of rotatable bonds is 4. The van der Waals surface area contributed by atoms with Gasteiger partial charge in [-0.15, -0.1) is 11.3 Å². The highest BCUT2D eigenvalue weighted by Crippen LogP contribution is 2.27. The van der Waals surface area contributed by atoms with Crippen molar-refractivity contribution in [3.63, 3.8) is 0 Å². The molecule has 0 fully saturated rings. The lowest BCUT2D eigenvalue weighted by molar-refractivity contribution is 0.383. The van der Waals surface area contributed by atoms with Gasteiger partial charge in [-0.05, 0) is 11.4 Å². The summed E-state index contributed by atoms with van der Waals surface area (Å²) in [6.07, 6.45) is 0. The maximum Gasteiger partial charge on any atom is 0.237 e. The standard InChI is InChI=1S/C12H13N5OS2/c1-6(2)10-14-8(18-17-10)5-20-12-15-9(13)7-3-4-19-11(7)16-12/h3-4,6H,5H2,1-2H3,(H2,13,15,16). The number of anilines is 1. The summed E-state index contributed by atoms with van der Waals surface area (Å²) in [5, 5.41) is 7.41. The Hall–Kier alpha value is -1.67.